The average Bonchev–Trinajstić information content (AvgIpc) is 2.82. The fraction of sp³-hybridized carbons (Fsp3) is 0.375. The number of hydrogen-bond acceptors (Lipinski definition) is 4. The highest BCUT2D eigenvalue weighted by Crippen LogP contribution is 2.26. The lowest BCUT2D eigenvalue weighted by molar-refractivity contribution is 0.0564. The first kappa shape index (κ1) is 14.3. The Morgan fingerprint density at radius 3 is 2.70 bits per heavy atom. The van der Waals surface area contributed by atoms with E-state index in [4.69, 9.17) is 9.15 Å². The van der Waals surface area contributed by atoms with Gasteiger partial charge in [0.25, 0.3) is 0 Å². The van der Waals surface area contributed by atoms with Gasteiger partial charge in [0.1, 0.15) is 0 Å². The predicted molar refractivity (Wildman–Crippen MR) is 76.7 cm³/mol. The number of esters is 1. The molecule has 0 aliphatic heterocycles. The van der Waals surface area contributed by atoms with Gasteiger partial charge >= 0.3 is 5.97 Å². The van der Waals surface area contributed by atoms with E-state index in [9.17, 15) is 4.79 Å². The molecular formula is C16H19NO3. The molecule has 0 radical (unpaired) electrons. The fourth-order valence-electron chi connectivity index (χ4n) is 2.18. The van der Waals surface area contributed by atoms with E-state index in [1.54, 1.807) is 0 Å². The molecule has 0 saturated heterocycles. The van der Waals surface area contributed by atoms with Crippen molar-refractivity contribution in [1.82, 2.24) is 4.98 Å². The summed E-state index contributed by atoms with van der Waals surface area (Å²) in [4.78, 5) is 16.2. The zero-order chi connectivity index (χ0) is 14.7. The summed E-state index contributed by atoms with van der Waals surface area (Å²) in [6.45, 7) is 6.07. The van der Waals surface area contributed by atoms with Gasteiger partial charge in [0.15, 0.2) is 0 Å². The highest BCUT2D eigenvalue weighted by molar-refractivity contribution is 5.88. The minimum absolute atomic E-state index is 0.212. The molecule has 106 valence electrons. The number of carbonyl (C=O) groups is 1. The molecular weight excluding hydrogens is 254 g/mol. The molecule has 0 N–H and O–H groups in total. The van der Waals surface area contributed by atoms with E-state index < -0.39 is 5.97 Å². The van der Waals surface area contributed by atoms with E-state index in [0.29, 0.717) is 18.0 Å². The van der Waals surface area contributed by atoms with Crippen LogP contribution in [0.1, 0.15) is 40.7 Å². The third-order valence-electron chi connectivity index (χ3n) is 3.17. The maximum Gasteiger partial charge on any atom is 0.376 e. The standard InChI is InChI=1S/C16H19NO3/c1-5-6-13-14(16(18)19-4)20-15(17-13)12-8-7-10(2)9-11(12)3/h7-9H,5-6H2,1-4H3. The van der Waals surface area contributed by atoms with Gasteiger partial charge in [-0.15, -0.1) is 0 Å². The minimum Gasteiger partial charge on any atom is -0.463 e. The number of aromatic nitrogens is 1. The van der Waals surface area contributed by atoms with Gasteiger partial charge in [0, 0.05) is 5.56 Å². The number of aryl methyl sites for hydroxylation is 3. The Morgan fingerprint density at radius 1 is 1.35 bits per heavy atom. The Labute approximate surface area is 118 Å². The first-order valence-electron chi connectivity index (χ1n) is 6.72. The van der Waals surface area contributed by atoms with Gasteiger partial charge in [-0.3, -0.25) is 0 Å². The Balaban J connectivity index is 2.49. The van der Waals surface area contributed by atoms with Crippen molar-refractivity contribution in [2.75, 3.05) is 7.11 Å². The Kier molecular flexibility index (Phi) is 4.23. The van der Waals surface area contributed by atoms with Crippen LogP contribution in [0.2, 0.25) is 0 Å². The monoisotopic (exact) mass is 273 g/mol. The van der Waals surface area contributed by atoms with Crippen molar-refractivity contribution < 1.29 is 13.9 Å². The molecule has 0 bridgehead atoms. The molecule has 0 spiro atoms. The summed E-state index contributed by atoms with van der Waals surface area (Å²) in [6.07, 6.45) is 1.59. The van der Waals surface area contributed by atoms with Crippen molar-refractivity contribution >= 4 is 5.97 Å². The van der Waals surface area contributed by atoms with Crippen molar-refractivity contribution in [3.63, 3.8) is 0 Å². The number of ether oxygens (including phenoxy) is 1. The molecule has 1 aromatic heterocycles. The second-order valence-corrected chi connectivity index (χ2v) is 4.85. The predicted octanol–water partition coefficient (Wildman–Crippen LogP) is 3.70. The summed E-state index contributed by atoms with van der Waals surface area (Å²) >= 11 is 0. The summed E-state index contributed by atoms with van der Waals surface area (Å²) in [6, 6.07) is 6.04. The second kappa shape index (κ2) is 5.90. The van der Waals surface area contributed by atoms with Crippen LogP contribution >= 0.6 is 0 Å². The van der Waals surface area contributed by atoms with Gasteiger partial charge in [0.05, 0.1) is 12.8 Å². The molecule has 1 aromatic carbocycles. The van der Waals surface area contributed by atoms with Gasteiger partial charge < -0.3 is 9.15 Å². The number of carbonyl (C=O) groups excluding carboxylic acids is 1. The van der Waals surface area contributed by atoms with Gasteiger partial charge in [-0.05, 0) is 31.9 Å². The molecule has 0 aliphatic carbocycles. The maximum atomic E-state index is 11.7. The smallest absolute Gasteiger partial charge is 0.376 e. The molecule has 4 nitrogen and oxygen atoms in total. The normalized spacial score (nSPS) is 10.6. The van der Waals surface area contributed by atoms with E-state index in [1.165, 1.54) is 12.7 Å². The van der Waals surface area contributed by atoms with Crippen LogP contribution in [0.15, 0.2) is 22.6 Å². The van der Waals surface area contributed by atoms with Crippen LogP contribution in [0, 0.1) is 13.8 Å². The van der Waals surface area contributed by atoms with E-state index in [1.807, 2.05) is 32.9 Å². The Hall–Kier alpha value is -2.10. The lowest BCUT2D eigenvalue weighted by Crippen LogP contribution is -2.03. The number of oxazole rings is 1. The third kappa shape index (κ3) is 2.74. The average molecular weight is 273 g/mol. The van der Waals surface area contributed by atoms with Crippen LogP contribution in [0.25, 0.3) is 11.5 Å². The number of hydrogen-bond donors (Lipinski definition) is 0. The highest BCUT2D eigenvalue weighted by atomic mass is 16.5. The van der Waals surface area contributed by atoms with Crippen LogP contribution in [0.3, 0.4) is 0 Å². The first-order chi connectivity index (χ1) is 9.56. The SMILES string of the molecule is CCCc1nc(-c2ccc(C)cc2C)oc1C(=O)OC. The van der Waals surface area contributed by atoms with Gasteiger partial charge in [-0.25, -0.2) is 9.78 Å². The van der Waals surface area contributed by atoms with Gasteiger partial charge in [-0.1, -0.05) is 31.0 Å². The molecule has 2 rings (SSSR count). The molecule has 0 atom stereocenters. The highest BCUT2D eigenvalue weighted by Gasteiger charge is 2.21. The largest absolute Gasteiger partial charge is 0.463 e. The molecule has 20 heavy (non-hydrogen) atoms. The van der Waals surface area contributed by atoms with Crippen LogP contribution in [-0.2, 0) is 11.2 Å². The molecule has 4 heteroatoms. The second-order valence-electron chi connectivity index (χ2n) is 4.85. The number of nitrogens with zero attached hydrogens (tertiary/aromatic N) is 1. The summed E-state index contributed by atoms with van der Waals surface area (Å²) in [7, 11) is 1.34. The van der Waals surface area contributed by atoms with Crippen LogP contribution in [-0.4, -0.2) is 18.1 Å². The first-order valence-corrected chi connectivity index (χ1v) is 6.72. The van der Waals surface area contributed by atoms with Crippen molar-refractivity contribution in [3.05, 3.63) is 40.8 Å². The Bertz CT molecular complexity index is 629. The zero-order valence-electron chi connectivity index (χ0n) is 12.3. The third-order valence-corrected chi connectivity index (χ3v) is 3.17. The van der Waals surface area contributed by atoms with E-state index in [2.05, 4.69) is 11.1 Å². The maximum absolute atomic E-state index is 11.7. The molecule has 0 amide bonds. The molecule has 1 heterocycles. The molecule has 2 aromatic rings. The molecule has 0 saturated carbocycles. The molecule has 0 aliphatic rings. The van der Waals surface area contributed by atoms with Crippen LogP contribution in [0.4, 0.5) is 0 Å². The molecule has 0 fully saturated rings. The van der Waals surface area contributed by atoms with E-state index in [0.717, 1.165) is 17.5 Å². The van der Waals surface area contributed by atoms with Crippen molar-refractivity contribution in [3.8, 4) is 11.5 Å². The minimum atomic E-state index is -0.475. The van der Waals surface area contributed by atoms with Crippen LogP contribution < -0.4 is 0 Å². The van der Waals surface area contributed by atoms with Crippen LogP contribution in [0.5, 0.6) is 0 Å². The Morgan fingerprint density at radius 2 is 2.10 bits per heavy atom. The quantitative estimate of drug-likeness (QED) is 0.797. The van der Waals surface area contributed by atoms with Crippen molar-refractivity contribution in [2.45, 2.75) is 33.6 Å². The lowest BCUT2D eigenvalue weighted by atomic mass is 10.1. The van der Waals surface area contributed by atoms with Gasteiger partial charge in [-0.2, -0.15) is 0 Å². The number of benzene rings is 1. The lowest BCUT2D eigenvalue weighted by Gasteiger charge is -2.02. The summed E-state index contributed by atoms with van der Waals surface area (Å²) in [5, 5.41) is 0. The number of methoxy groups -OCH3 is 1. The number of rotatable bonds is 4. The fourth-order valence-corrected chi connectivity index (χ4v) is 2.18. The summed E-state index contributed by atoms with van der Waals surface area (Å²) < 4.78 is 10.4. The zero-order valence-corrected chi connectivity index (χ0v) is 12.3. The van der Waals surface area contributed by atoms with Crippen molar-refractivity contribution in [1.29, 1.82) is 0 Å². The van der Waals surface area contributed by atoms with Gasteiger partial charge in [0.2, 0.25) is 11.7 Å². The summed E-state index contributed by atoms with van der Waals surface area (Å²) in [5.41, 5.74) is 3.82. The molecule has 0 unspecified atom stereocenters. The van der Waals surface area contributed by atoms with Crippen molar-refractivity contribution in [2.24, 2.45) is 0 Å². The topological polar surface area (TPSA) is 52.3 Å². The van der Waals surface area contributed by atoms with E-state index >= 15 is 0 Å². The summed E-state index contributed by atoms with van der Waals surface area (Å²) in [5.74, 6) is 0.215. The van der Waals surface area contributed by atoms with E-state index in [-0.39, 0.29) is 5.76 Å².